The Labute approximate surface area is 119 Å². The highest BCUT2D eigenvalue weighted by Crippen LogP contribution is 2.30. The lowest BCUT2D eigenvalue weighted by Crippen LogP contribution is -2.11. The van der Waals surface area contributed by atoms with Crippen molar-refractivity contribution < 1.29 is 9.66 Å². The molecule has 0 amide bonds. The van der Waals surface area contributed by atoms with E-state index in [2.05, 4.69) is 10.2 Å². The van der Waals surface area contributed by atoms with E-state index in [4.69, 9.17) is 10.6 Å². The zero-order valence-corrected chi connectivity index (χ0v) is 11.8. The molecular formula is C11H13N5O3S. The van der Waals surface area contributed by atoms with Crippen LogP contribution in [0.25, 0.3) is 0 Å². The molecule has 2 rings (SSSR count). The highest BCUT2D eigenvalue weighted by molar-refractivity contribution is 7.98. The van der Waals surface area contributed by atoms with E-state index < -0.39 is 4.92 Å². The molecule has 0 radical (unpaired) electrons. The van der Waals surface area contributed by atoms with Gasteiger partial charge in [-0.05, 0) is 18.6 Å². The van der Waals surface area contributed by atoms with E-state index in [9.17, 15) is 10.1 Å². The molecule has 0 unspecified atom stereocenters. The van der Waals surface area contributed by atoms with Crippen LogP contribution in [0.1, 0.15) is 11.4 Å². The van der Waals surface area contributed by atoms with Gasteiger partial charge in [0.2, 0.25) is 5.16 Å². The van der Waals surface area contributed by atoms with Crippen LogP contribution in [0.5, 0.6) is 5.75 Å². The minimum absolute atomic E-state index is 0.0593. The molecule has 2 aromatic rings. The minimum atomic E-state index is -0.470. The molecule has 1 heterocycles. The number of nitrogens with two attached hydrogens (primary N) is 1. The van der Waals surface area contributed by atoms with E-state index >= 15 is 0 Å². The molecular weight excluding hydrogens is 282 g/mol. The highest BCUT2D eigenvalue weighted by atomic mass is 32.2. The fourth-order valence-corrected chi connectivity index (χ4v) is 2.41. The first-order valence-electron chi connectivity index (χ1n) is 5.64. The van der Waals surface area contributed by atoms with Crippen LogP contribution in [0.3, 0.4) is 0 Å². The lowest BCUT2D eigenvalue weighted by molar-refractivity contribution is -0.385. The number of benzene rings is 1. The second-order valence-electron chi connectivity index (χ2n) is 3.95. The maximum absolute atomic E-state index is 10.9. The van der Waals surface area contributed by atoms with Crippen LogP contribution >= 0.6 is 11.8 Å². The predicted octanol–water partition coefficient (Wildman–Crippen LogP) is 1.51. The summed E-state index contributed by atoms with van der Waals surface area (Å²) in [5, 5.41) is 19.2. The fraction of sp³-hybridized carbons (Fsp3) is 0.273. The zero-order chi connectivity index (χ0) is 14.7. The summed E-state index contributed by atoms with van der Waals surface area (Å²) in [5.74, 6) is 7.08. The van der Waals surface area contributed by atoms with Crippen LogP contribution in [0.15, 0.2) is 23.4 Å². The number of aryl methyl sites for hydroxylation is 1. The van der Waals surface area contributed by atoms with Crippen LogP contribution < -0.4 is 10.6 Å². The van der Waals surface area contributed by atoms with Gasteiger partial charge in [-0.2, -0.15) is 0 Å². The molecule has 20 heavy (non-hydrogen) atoms. The molecule has 2 N–H and O–H groups in total. The summed E-state index contributed by atoms with van der Waals surface area (Å²) in [5.41, 5.74) is 0.721. The number of rotatable bonds is 5. The average molecular weight is 295 g/mol. The maximum Gasteiger partial charge on any atom is 0.311 e. The number of hydrogen-bond acceptors (Lipinski definition) is 7. The first kappa shape index (κ1) is 14.1. The average Bonchev–Trinajstić information content (AvgIpc) is 2.76. The molecule has 0 aliphatic heterocycles. The fourth-order valence-electron chi connectivity index (χ4n) is 1.56. The Balaban J connectivity index is 2.16. The monoisotopic (exact) mass is 295 g/mol. The zero-order valence-electron chi connectivity index (χ0n) is 10.9. The Hall–Kier alpha value is -2.29. The summed E-state index contributed by atoms with van der Waals surface area (Å²) in [4.78, 5) is 10.5. The summed E-state index contributed by atoms with van der Waals surface area (Å²) in [6.07, 6.45) is 0. The van der Waals surface area contributed by atoms with Gasteiger partial charge in [-0.1, -0.05) is 17.8 Å². The van der Waals surface area contributed by atoms with Crippen LogP contribution in [-0.4, -0.2) is 26.9 Å². The van der Waals surface area contributed by atoms with E-state index in [0.29, 0.717) is 16.7 Å². The topological polar surface area (TPSA) is 109 Å². The van der Waals surface area contributed by atoms with Gasteiger partial charge in [-0.15, -0.1) is 10.2 Å². The van der Waals surface area contributed by atoms with Crippen molar-refractivity contribution in [2.24, 2.45) is 0 Å². The molecule has 106 valence electrons. The standard InChI is InChI=1S/C11H13N5O3S/c1-7-13-14-11(15(7)12)20-6-8-3-4-10(19-2)9(5-8)16(17)18/h3-5H,6,12H2,1-2H3. The molecule has 0 aliphatic carbocycles. The molecule has 0 saturated carbocycles. The highest BCUT2D eigenvalue weighted by Gasteiger charge is 2.15. The Morgan fingerprint density at radius 1 is 1.50 bits per heavy atom. The molecule has 0 spiro atoms. The van der Waals surface area contributed by atoms with Crippen molar-refractivity contribution in [3.63, 3.8) is 0 Å². The summed E-state index contributed by atoms with van der Waals surface area (Å²) in [6, 6.07) is 4.82. The van der Waals surface area contributed by atoms with Crippen LogP contribution in [0.4, 0.5) is 5.69 Å². The van der Waals surface area contributed by atoms with Crippen molar-refractivity contribution in [3.05, 3.63) is 39.7 Å². The second kappa shape index (κ2) is 5.78. The Kier molecular flexibility index (Phi) is 4.08. The largest absolute Gasteiger partial charge is 0.490 e. The number of aromatic nitrogens is 3. The number of nitro benzene ring substituents is 1. The molecule has 8 nitrogen and oxygen atoms in total. The number of thioether (sulfide) groups is 1. The lowest BCUT2D eigenvalue weighted by atomic mass is 10.2. The van der Waals surface area contributed by atoms with Gasteiger partial charge < -0.3 is 10.6 Å². The van der Waals surface area contributed by atoms with Crippen molar-refractivity contribution in [1.29, 1.82) is 0 Å². The van der Waals surface area contributed by atoms with Crippen molar-refractivity contribution >= 4 is 17.4 Å². The molecule has 0 aliphatic rings. The van der Waals surface area contributed by atoms with Gasteiger partial charge in [0.1, 0.15) is 5.82 Å². The van der Waals surface area contributed by atoms with E-state index in [1.54, 1.807) is 19.1 Å². The number of hydrogen-bond donors (Lipinski definition) is 1. The number of nitro groups is 1. The Morgan fingerprint density at radius 3 is 2.80 bits per heavy atom. The van der Waals surface area contributed by atoms with Gasteiger partial charge in [0.25, 0.3) is 0 Å². The third-order valence-electron chi connectivity index (χ3n) is 2.64. The predicted molar refractivity (Wildman–Crippen MR) is 74.1 cm³/mol. The van der Waals surface area contributed by atoms with E-state index in [1.807, 2.05) is 0 Å². The summed E-state index contributed by atoms with van der Waals surface area (Å²) >= 11 is 1.36. The summed E-state index contributed by atoms with van der Waals surface area (Å²) < 4.78 is 6.33. The SMILES string of the molecule is COc1ccc(CSc2nnc(C)n2N)cc1[N+](=O)[O-]. The van der Waals surface area contributed by atoms with Crippen molar-refractivity contribution in [1.82, 2.24) is 14.9 Å². The smallest absolute Gasteiger partial charge is 0.311 e. The number of nitrogens with zero attached hydrogens (tertiary/aromatic N) is 4. The lowest BCUT2D eigenvalue weighted by Gasteiger charge is -2.05. The summed E-state index contributed by atoms with van der Waals surface area (Å²) in [6.45, 7) is 1.75. The van der Waals surface area contributed by atoms with Gasteiger partial charge in [0.05, 0.1) is 12.0 Å². The quantitative estimate of drug-likeness (QED) is 0.385. The number of ether oxygens (including phenoxy) is 1. The Bertz CT molecular complexity index is 643. The molecule has 0 atom stereocenters. The van der Waals surface area contributed by atoms with Crippen LogP contribution in [0, 0.1) is 17.0 Å². The normalized spacial score (nSPS) is 10.5. The molecule has 0 bridgehead atoms. The van der Waals surface area contributed by atoms with Gasteiger partial charge in [-0.3, -0.25) is 10.1 Å². The van der Waals surface area contributed by atoms with Crippen molar-refractivity contribution in [2.75, 3.05) is 13.0 Å². The van der Waals surface area contributed by atoms with Gasteiger partial charge >= 0.3 is 5.69 Å². The van der Waals surface area contributed by atoms with Crippen molar-refractivity contribution in [3.8, 4) is 5.75 Å². The third kappa shape index (κ3) is 2.82. The van der Waals surface area contributed by atoms with Gasteiger partial charge in [0, 0.05) is 11.8 Å². The first-order chi connectivity index (χ1) is 9.52. The summed E-state index contributed by atoms with van der Waals surface area (Å²) in [7, 11) is 1.40. The Morgan fingerprint density at radius 2 is 2.25 bits per heavy atom. The minimum Gasteiger partial charge on any atom is -0.490 e. The van der Waals surface area contributed by atoms with E-state index in [-0.39, 0.29) is 11.4 Å². The van der Waals surface area contributed by atoms with Crippen LogP contribution in [-0.2, 0) is 5.75 Å². The van der Waals surface area contributed by atoms with E-state index in [1.165, 1.54) is 29.6 Å². The molecule has 9 heteroatoms. The number of methoxy groups -OCH3 is 1. The maximum atomic E-state index is 10.9. The number of nitrogen functional groups attached to an aromatic ring is 1. The molecule has 1 aromatic heterocycles. The third-order valence-corrected chi connectivity index (χ3v) is 3.66. The van der Waals surface area contributed by atoms with Gasteiger partial charge in [-0.25, -0.2) is 4.68 Å². The second-order valence-corrected chi connectivity index (χ2v) is 4.89. The van der Waals surface area contributed by atoms with E-state index in [0.717, 1.165) is 5.56 Å². The molecule has 1 aromatic carbocycles. The van der Waals surface area contributed by atoms with Crippen molar-refractivity contribution in [2.45, 2.75) is 17.8 Å². The first-order valence-corrected chi connectivity index (χ1v) is 6.62. The molecule has 0 saturated heterocycles. The molecule has 0 fully saturated rings. The van der Waals surface area contributed by atoms with Crippen LogP contribution in [0.2, 0.25) is 0 Å². The van der Waals surface area contributed by atoms with Gasteiger partial charge in [0.15, 0.2) is 5.75 Å².